The van der Waals surface area contributed by atoms with Gasteiger partial charge >= 0.3 is 10.8 Å². The van der Waals surface area contributed by atoms with Crippen molar-refractivity contribution >= 4 is 39.7 Å². The molecule has 4 rings (SSSR count). The van der Waals surface area contributed by atoms with Crippen LogP contribution in [0.25, 0.3) is 22.5 Å². The molecule has 1 N–H and O–H groups in total. The molecule has 35 heavy (non-hydrogen) atoms. The van der Waals surface area contributed by atoms with Gasteiger partial charge in [-0.3, -0.25) is 18.9 Å². The third-order valence-electron chi connectivity index (χ3n) is 5.54. The van der Waals surface area contributed by atoms with E-state index < -0.39 is 5.97 Å². The summed E-state index contributed by atoms with van der Waals surface area (Å²) in [6.07, 6.45) is 2.02. The maximum absolute atomic E-state index is 13.2. The molecular formula is C26H25N3O4S2. The molecule has 0 aliphatic carbocycles. The number of carbonyl (C=O) groups excluding carboxylic acids is 2. The summed E-state index contributed by atoms with van der Waals surface area (Å²) in [5.74, 6) is -0.0548. The van der Waals surface area contributed by atoms with Gasteiger partial charge in [-0.05, 0) is 40.6 Å². The topological polar surface area (TPSA) is 92.4 Å². The molecule has 4 aromatic rings. The van der Waals surface area contributed by atoms with E-state index in [-0.39, 0.29) is 17.3 Å². The van der Waals surface area contributed by atoms with E-state index in [0.717, 1.165) is 46.6 Å². The molecule has 2 heterocycles. The molecule has 0 spiro atoms. The van der Waals surface area contributed by atoms with Gasteiger partial charge in [0.2, 0.25) is 5.91 Å². The number of carbonyl (C=O) groups is 2. The van der Waals surface area contributed by atoms with Gasteiger partial charge in [0.1, 0.15) is 5.00 Å². The summed E-state index contributed by atoms with van der Waals surface area (Å²) in [5, 5.41) is 2.35. The van der Waals surface area contributed by atoms with E-state index in [9.17, 15) is 14.4 Å². The largest absolute Gasteiger partial charge is 0.465 e. The fourth-order valence-corrected chi connectivity index (χ4v) is 5.18. The maximum atomic E-state index is 13.2. The summed E-state index contributed by atoms with van der Waals surface area (Å²) in [7, 11) is 1.33. The van der Waals surface area contributed by atoms with Crippen molar-refractivity contribution < 1.29 is 14.3 Å². The van der Waals surface area contributed by atoms with E-state index in [2.05, 4.69) is 9.36 Å². The Morgan fingerprint density at radius 1 is 1.09 bits per heavy atom. The molecular weight excluding hydrogens is 482 g/mol. The number of rotatable bonds is 9. The van der Waals surface area contributed by atoms with Crippen molar-refractivity contribution in [1.82, 2.24) is 9.36 Å². The highest BCUT2D eigenvalue weighted by atomic mass is 32.1. The Bertz CT molecular complexity index is 1370. The zero-order valence-corrected chi connectivity index (χ0v) is 21.1. The van der Waals surface area contributed by atoms with Crippen molar-refractivity contribution in [2.75, 3.05) is 12.0 Å². The average molecular weight is 508 g/mol. The molecule has 0 saturated carbocycles. The average Bonchev–Trinajstić information content (AvgIpc) is 3.55. The summed E-state index contributed by atoms with van der Waals surface area (Å²) in [6.45, 7) is 2.30. The number of nitrogens with one attached hydrogen (secondary N) is 1. The Hall–Kier alpha value is -3.56. The molecule has 0 bridgehead atoms. The van der Waals surface area contributed by atoms with E-state index >= 15 is 0 Å². The van der Waals surface area contributed by atoms with Gasteiger partial charge in [0, 0.05) is 23.5 Å². The molecule has 2 aromatic heterocycles. The van der Waals surface area contributed by atoms with E-state index in [0.29, 0.717) is 22.8 Å². The molecule has 2 aromatic carbocycles. The third-order valence-corrected chi connectivity index (χ3v) is 7.04. The van der Waals surface area contributed by atoms with Crippen molar-refractivity contribution in [2.45, 2.75) is 32.7 Å². The van der Waals surface area contributed by atoms with Crippen LogP contribution in [0.3, 0.4) is 0 Å². The lowest BCUT2D eigenvalue weighted by Crippen LogP contribution is -2.30. The highest BCUT2D eigenvalue weighted by molar-refractivity contribution is 7.14. The number of ether oxygens (including phenoxy) is 1. The molecule has 0 aliphatic rings. The van der Waals surface area contributed by atoms with Crippen molar-refractivity contribution in [2.24, 2.45) is 0 Å². The van der Waals surface area contributed by atoms with Crippen molar-refractivity contribution in [3.05, 3.63) is 80.8 Å². The molecule has 0 radical (unpaired) electrons. The van der Waals surface area contributed by atoms with Crippen molar-refractivity contribution in [1.29, 1.82) is 0 Å². The van der Waals surface area contributed by atoms with Gasteiger partial charge in [0.15, 0.2) is 5.82 Å². The number of aromatic amines is 1. The quantitative estimate of drug-likeness (QED) is 0.292. The van der Waals surface area contributed by atoms with Crippen molar-refractivity contribution in [3.8, 4) is 22.5 Å². The van der Waals surface area contributed by atoms with E-state index in [1.165, 1.54) is 18.4 Å². The number of esters is 1. The van der Waals surface area contributed by atoms with Gasteiger partial charge in [-0.2, -0.15) is 4.98 Å². The number of anilines is 1. The predicted molar refractivity (Wildman–Crippen MR) is 140 cm³/mol. The fraction of sp³-hybridized carbons (Fsp3) is 0.231. The first-order valence-corrected chi connectivity index (χ1v) is 12.9. The number of benzene rings is 2. The molecule has 0 saturated heterocycles. The lowest BCUT2D eigenvalue weighted by molar-refractivity contribution is -0.118. The second kappa shape index (κ2) is 11.2. The SMILES string of the molecule is CCCCC(=O)N(Cc1ccc(-c2ccccc2)c(-c2nc(=O)s[nH]2)c1)c1sccc1C(=O)OC. The molecule has 0 aliphatic heterocycles. The van der Waals surface area contributed by atoms with Gasteiger partial charge < -0.3 is 4.74 Å². The Morgan fingerprint density at radius 3 is 2.57 bits per heavy atom. The smallest absolute Gasteiger partial charge is 0.344 e. The lowest BCUT2D eigenvalue weighted by Gasteiger charge is -2.23. The van der Waals surface area contributed by atoms with Crippen LogP contribution < -0.4 is 9.77 Å². The Balaban J connectivity index is 1.77. The van der Waals surface area contributed by atoms with E-state index in [4.69, 9.17) is 4.74 Å². The summed E-state index contributed by atoms with van der Waals surface area (Å²) in [6, 6.07) is 17.4. The molecule has 0 fully saturated rings. The number of methoxy groups -OCH3 is 1. The van der Waals surface area contributed by atoms with Crippen LogP contribution in [0, 0.1) is 0 Å². The molecule has 9 heteroatoms. The molecule has 1 amide bonds. The van der Waals surface area contributed by atoms with Gasteiger partial charge in [-0.25, -0.2) is 4.79 Å². The summed E-state index contributed by atoms with van der Waals surface area (Å²) >= 11 is 2.27. The van der Waals surface area contributed by atoms with Crippen LogP contribution >= 0.6 is 22.9 Å². The molecule has 0 atom stereocenters. The zero-order valence-electron chi connectivity index (χ0n) is 19.4. The van der Waals surface area contributed by atoms with Crippen LogP contribution in [0.1, 0.15) is 42.1 Å². The van der Waals surface area contributed by atoms with Crippen LogP contribution in [0.15, 0.2) is 64.8 Å². The summed E-state index contributed by atoms with van der Waals surface area (Å²) in [5.41, 5.74) is 3.90. The highest BCUT2D eigenvalue weighted by Gasteiger charge is 2.24. The van der Waals surface area contributed by atoms with Gasteiger partial charge in [0.05, 0.1) is 19.2 Å². The van der Waals surface area contributed by atoms with Gasteiger partial charge in [-0.1, -0.05) is 55.8 Å². The normalized spacial score (nSPS) is 10.8. The van der Waals surface area contributed by atoms with E-state index in [1.807, 2.05) is 55.5 Å². The number of hydrogen-bond donors (Lipinski definition) is 1. The fourth-order valence-electron chi connectivity index (χ4n) is 3.79. The Kier molecular flexibility index (Phi) is 7.89. The third kappa shape index (κ3) is 5.58. The molecule has 7 nitrogen and oxygen atoms in total. The lowest BCUT2D eigenvalue weighted by atomic mass is 9.96. The maximum Gasteiger partial charge on any atom is 0.344 e. The second-order valence-electron chi connectivity index (χ2n) is 7.89. The number of thiophene rings is 1. The van der Waals surface area contributed by atoms with Crippen LogP contribution in [-0.4, -0.2) is 28.3 Å². The standard InChI is InChI=1S/C26H25N3O4S2/c1-3-4-10-22(30)29(24-20(13-14-34-24)25(31)33-2)16-17-11-12-19(18-8-6-5-7-9-18)21(15-17)23-27-26(32)35-28-23/h5-9,11-15H,3-4,10,16H2,1-2H3,(H,27,28,32). The van der Waals surface area contributed by atoms with Gasteiger partial charge in [0.25, 0.3) is 0 Å². The van der Waals surface area contributed by atoms with Gasteiger partial charge in [-0.15, -0.1) is 11.3 Å². The first-order chi connectivity index (χ1) is 17.0. The number of unbranched alkanes of at least 4 members (excludes halogenated alkanes) is 1. The van der Waals surface area contributed by atoms with Crippen LogP contribution in [0.4, 0.5) is 5.00 Å². The number of aromatic nitrogens is 2. The van der Waals surface area contributed by atoms with Crippen molar-refractivity contribution in [3.63, 3.8) is 0 Å². The minimum Gasteiger partial charge on any atom is -0.465 e. The Morgan fingerprint density at radius 2 is 1.89 bits per heavy atom. The van der Waals surface area contributed by atoms with Crippen LogP contribution in [-0.2, 0) is 16.1 Å². The van der Waals surface area contributed by atoms with E-state index in [1.54, 1.807) is 16.3 Å². The zero-order chi connectivity index (χ0) is 24.8. The minimum atomic E-state index is -0.477. The number of H-pyrrole nitrogens is 1. The highest BCUT2D eigenvalue weighted by Crippen LogP contribution is 2.34. The van der Waals surface area contributed by atoms with Crippen LogP contribution in [0.2, 0.25) is 0 Å². The first kappa shape index (κ1) is 24.6. The molecule has 180 valence electrons. The second-order valence-corrected chi connectivity index (χ2v) is 9.54. The number of amides is 1. The molecule has 0 unspecified atom stereocenters. The predicted octanol–water partition coefficient (Wildman–Crippen LogP) is 5.74. The Labute approximate surface area is 211 Å². The first-order valence-electron chi connectivity index (χ1n) is 11.2. The van der Waals surface area contributed by atoms with Crippen LogP contribution in [0.5, 0.6) is 0 Å². The number of hydrogen-bond acceptors (Lipinski definition) is 7. The monoisotopic (exact) mass is 507 g/mol. The summed E-state index contributed by atoms with van der Waals surface area (Å²) in [4.78, 5) is 42.9. The minimum absolute atomic E-state index is 0.0600. The summed E-state index contributed by atoms with van der Waals surface area (Å²) < 4.78 is 7.93. The number of nitrogens with zero attached hydrogens (tertiary/aromatic N) is 2.